The Morgan fingerprint density at radius 3 is 3.00 bits per heavy atom. The van der Waals surface area contributed by atoms with Crippen molar-refractivity contribution >= 4 is 17.7 Å². The lowest BCUT2D eigenvalue weighted by Gasteiger charge is -2.17. The van der Waals surface area contributed by atoms with Crippen molar-refractivity contribution in [3.05, 3.63) is 40.0 Å². The number of benzene rings is 1. The average molecular weight is 333 g/mol. The van der Waals surface area contributed by atoms with Gasteiger partial charge in [0.25, 0.3) is 0 Å². The number of nitro benzene ring substituents is 1. The molecule has 1 aliphatic heterocycles. The van der Waals surface area contributed by atoms with Crippen molar-refractivity contribution < 1.29 is 14.5 Å². The summed E-state index contributed by atoms with van der Waals surface area (Å²) in [6, 6.07) is 4.72. The van der Waals surface area contributed by atoms with Gasteiger partial charge in [-0.05, 0) is 37.1 Å². The molecule has 1 aromatic carbocycles. The Morgan fingerprint density at radius 1 is 1.42 bits per heavy atom. The number of nitro groups is 1. The summed E-state index contributed by atoms with van der Waals surface area (Å²) in [6.45, 7) is 5.46. The van der Waals surface area contributed by atoms with Crippen molar-refractivity contribution in [1.29, 1.82) is 0 Å². The molecule has 0 aromatic heterocycles. The molecule has 7 heteroatoms. The second kappa shape index (κ2) is 9.02. The maximum Gasteiger partial charge on any atom is 0.311 e. The van der Waals surface area contributed by atoms with Crippen LogP contribution in [0.4, 0.5) is 5.69 Å². The van der Waals surface area contributed by atoms with E-state index in [1.54, 1.807) is 23.1 Å². The molecule has 1 amide bonds. The highest BCUT2D eigenvalue weighted by atomic mass is 16.6. The SMILES string of the molecule is CCCOc1ccc(/C=C/C(=O)N2CCCNCC2)cc1[N+](=O)[O-]. The molecule has 2 rings (SSSR count). The van der Waals surface area contributed by atoms with Crippen LogP contribution in [-0.2, 0) is 4.79 Å². The summed E-state index contributed by atoms with van der Waals surface area (Å²) in [5, 5.41) is 14.4. The standard InChI is InChI=1S/C17H23N3O4/c1-2-12-24-16-6-4-14(13-15(16)20(22)23)5-7-17(21)19-10-3-8-18-9-11-19/h4-7,13,18H,2-3,8-12H2,1H3/b7-5+. The summed E-state index contributed by atoms with van der Waals surface area (Å²) in [5.41, 5.74) is 0.517. The molecule has 1 saturated heterocycles. The van der Waals surface area contributed by atoms with E-state index in [1.807, 2.05) is 6.92 Å². The fourth-order valence-corrected chi connectivity index (χ4v) is 2.45. The third-order valence-corrected chi connectivity index (χ3v) is 3.71. The summed E-state index contributed by atoms with van der Waals surface area (Å²) in [4.78, 5) is 24.7. The molecule has 24 heavy (non-hydrogen) atoms. The molecule has 1 fully saturated rings. The van der Waals surface area contributed by atoms with E-state index in [2.05, 4.69) is 5.32 Å². The molecule has 130 valence electrons. The summed E-state index contributed by atoms with van der Waals surface area (Å²) < 4.78 is 5.39. The zero-order valence-corrected chi connectivity index (χ0v) is 13.9. The van der Waals surface area contributed by atoms with Crippen LogP contribution in [-0.4, -0.2) is 48.5 Å². The molecule has 1 aromatic rings. The Bertz CT molecular complexity index is 608. The number of nitrogens with one attached hydrogen (secondary N) is 1. The molecule has 0 unspecified atom stereocenters. The zero-order valence-electron chi connectivity index (χ0n) is 13.9. The number of amides is 1. The maximum atomic E-state index is 12.2. The Labute approximate surface area is 141 Å². The minimum absolute atomic E-state index is 0.0762. The molecular formula is C17H23N3O4. The van der Waals surface area contributed by atoms with Gasteiger partial charge in [-0.2, -0.15) is 0 Å². The minimum atomic E-state index is -0.468. The summed E-state index contributed by atoms with van der Waals surface area (Å²) >= 11 is 0. The van der Waals surface area contributed by atoms with Crippen molar-refractivity contribution in [2.24, 2.45) is 0 Å². The first-order valence-electron chi connectivity index (χ1n) is 8.20. The molecular weight excluding hydrogens is 310 g/mol. The van der Waals surface area contributed by atoms with Crippen molar-refractivity contribution in [1.82, 2.24) is 10.2 Å². The van der Waals surface area contributed by atoms with Gasteiger partial charge < -0.3 is 15.0 Å². The lowest BCUT2D eigenvalue weighted by atomic mass is 10.1. The number of hydrogen-bond donors (Lipinski definition) is 1. The summed E-state index contributed by atoms with van der Waals surface area (Å²) in [7, 11) is 0. The molecule has 0 atom stereocenters. The zero-order chi connectivity index (χ0) is 17.4. The Hall–Kier alpha value is -2.41. The van der Waals surface area contributed by atoms with Gasteiger partial charge in [-0.1, -0.05) is 13.0 Å². The van der Waals surface area contributed by atoms with Crippen molar-refractivity contribution in [3.63, 3.8) is 0 Å². The van der Waals surface area contributed by atoms with Crippen molar-refractivity contribution in [3.8, 4) is 5.75 Å². The fraction of sp³-hybridized carbons (Fsp3) is 0.471. The highest BCUT2D eigenvalue weighted by Crippen LogP contribution is 2.28. The van der Waals surface area contributed by atoms with Crippen LogP contribution in [0.1, 0.15) is 25.3 Å². The third kappa shape index (κ3) is 5.06. The van der Waals surface area contributed by atoms with Crippen molar-refractivity contribution in [2.45, 2.75) is 19.8 Å². The van der Waals surface area contributed by atoms with E-state index in [0.29, 0.717) is 18.7 Å². The van der Waals surface area contributed by atoms with E-state index in [9.17, 15) is 14.9 Å². The van der Waals surface area contributed by atoms with Crippen molar-refractivity contribution in [2.75, 3.05) is 32.8 Å². The van der Waals surface area contributed by atoms with Crippen LogP contribution < -0.4 is 10.1 Å². The van der Waals surface area contributed by atoms with Crippen LogP contribution in [0.3, 0.4) is 0 Å². The number of ether oxygens (including phenoxy) is 1. The van der Waals surface area contributed by atoms with E-state index < -0.39 is 4.92 Å². The van der Waals surface area contributed by atoms with Crippen LogP contribution in [0, 0.1) is 10.1 Å². The fourth-order valence-electron chi connectivity index (χ4n) is 2.45. The van der Waals surface area contributed by atoms with E-state index in [4.69, 9.17) is 4.74 Å². The molecule has 0 aliphatic carbocycles. The molecule has 0 spiro atoms. The van der Waals surface area contributed by atoms with E-state index in [-0.39, 0.29) is 17.3 Å². The number of carbonyl (C=O) groups is 1. The molecule has 1 aliphatic rings. The van der Waals surface area contributed by atoms with E-state index in [0.717, 1.165) is 32.5 Å². The predicted octanol–water partition coefficient (Wildman–Crippen LogP) is 2.22. The van der Waals surface area contributed by atoms with Gasteiger partial charge in [0.15, 0.2) is 5.75 Å². The minimum Gasteiger partial charge on any atom is -0.487 e. The first kappa shape index (κ1) is 17.9. The normalized spacial score (nSPS) is 15.3. The number of hydrogen-bond acceptors (Lipinski definition) is 5. The summed E-state index contributed by atoms with van der Waals surface area (Å²) in [5.74, 6) is 0.177. The van der Waals surface area contributed by atoms with Gasteiger partial charge in [-0.25, -0.2) is 0 Å². The molecule has 0 saturated carbocycles. The number of carbonyl (C=O) groups excluding carboxylic acids is 1. The highest BCUT2D eigenvalue weighted by molar-refractivity contribution is 5.92. The first-order chi connectivity index (χ1) is 11.6. The van der Waals surface area contributed by atoms with Crippen LogP contribution in [0.2, 0.25) is 0 Å². The van der Waals surface area contributed by atoms with E-state index >= 15 is 0 Å². The third-order valence-electron chi connectivity index (χ3n) is 3.71. The Morgan fingerprint density at radius 2 is 2.25 bits per heavy atom. The van der Waals surface area contributed by atoms with Gasteiger partial charge in [-0.15, -0.1) is 0 Å². The number of nitrogens with zero attached hydrogens (tertiary/aromatic N) is 2. The summed E-state index contributed by atoms with van der Waals surface area (Å²) in [6.07, 6.45) is 4.78. The number of rotatable bonds is 6. The monoisotopic (exact) mass is 333 g/mol. The topological polar surface area (TPSA) is 84.7 Å². The van der Waals surface area contributed by atoms with Gasteiger partial charge in [0.1, 0.15) is 0 Å². The van der Waals surface area contributed by atoms with Gasteiger partial charge in [0, 0.05) is 31.8 Å². The first-order valence-corrected chi connectivity index (χ1v) is 8.20. The van der Waals surface area contributed by atoms with Crippen LogP contribution in [0.25, 0.3) is 6.08 Å². The Kier molecular flexibility index (Phi) is 6.74. The van der Waals surface area contributed by atoms with Crippen LogP contribution in [0.15, 0.2) is 24.3 Å². The van der Waals surface area contributed by atoms with Gasteiger partial charge >= 0.3 is 5.69 Å². The molecule has 0 bridgehead atoms. The second-order valence-electron chi connectivity index (χ2n) is 5.59. The molecule has 1 N–H and O–H groups in total. The quantitative estimate of drug-likeness (QED) is 0.490. The van der Waals surface area contributed by atoms with Crippen LogP contribution in [0.5, 0.6) is 5.75 Å². The lowest BCUT2D eigenvalue weighted by Crippen LogP contribution is -2.32. The molecule has 1 heterocycles. The smallest absolute Gasteiger partial charge is 0.311 e. The molecule has 0 radical (unpaired) electrons. The van der Waals surface area contributed by atoms with Gasteiger partial charge in [0.2, 0.25) is 5.91 Å². The maximum absolute atomic E-state index is 12.2. The highest BCUT2D eigenvalue weighted by Gasteiger charge is 2.16. The van der Waals surface area contributed by atoms with Gasteiger partial charge in [0.05, 0.1) is 11.5 Å². The van der Waals surface area contributed by atoms with Gasteiger partial charge in [-0.3, -0.25) is 14.9 Å². The van der Waals surface area contributed by atoms with Crippen LogP contribution >= 0.6 is 0 Å². The van der Waals surface area contributed by atoms with E-state index in [1.165, 1.54) is 12.1 Å². The Balaban J connectivity index is 2.09. The average Bonchev–Trinajstić information content (AvgIpc) is 2.87. The predicted molar refractivity (Wildman–Crippen MR) is 92.0 cm³/mol. The molecule has 7 nitrogen and oxygen atoms in total. The largest absolute Gasteiger partial charge is 0.487 e. The second-order valence-corrected chi connectivity index (χ2v) is 5.59. The lowest BCUT2D eigenvalue weighted by molar-refractivity contribution is -0.385.